The van der Waals surface area contributed by atoms with Crippen molar-refractivity contribution in [3.63, 3.8) is 0 Å². The fourth-order valence-corrected chi connectivity index (χ4v) is 4.52. The van der Waals surface area contributed by atoms with Crippen LogP contribution in [0.1, 0.15) is 155 Å². The summed E-state index contributed by atoms with van der Waals surface area (Å²) in [4.78, 5) is 34.6. The van der Waals surface area contributed by atoms with Gasteiger partial charge in [-0.25, -0.2) is 0 Å². The van der Waals surface area contributed by atoms with Crippen molar-refractivity contribution in [1.82, 2.24) is 5.32 Å². The second-order valence-electron chi connectivity index (χ2n) is 11.1. The van der Waals surface area contributed by atoms with Crippen LogP contribution in [0.3, 0.4) is 0 Å². The smallest absolute Gasteiger partial charge is 0.322 e. The molecule has 0 rings (SSSR count). The van der Waals surface area contributed by atoms with Crippen molar-refractivity contribution in [2.75, 3.05) is 6.54 Å². The molecule has 6 heteroatoms. The SMILES string of the molecule is CCC/C=C\C/C=C\C(CCCCCCC(=O)NCC(=O)O)OC(=O)CCCCCCC/C=C\CCCCCCC. The molecule has 0 radical (unpaired) electrons. The molecule has 0 spiro atoms. The Bertz CT molecular complexity index is 728. The fraction of sp³-hybridized carbons (Fsp3) is 0.743. The predicted octanol–water partition coefficient (Wildman–Crippen LogP) is 9.39. The van der Waals surface area contributed by atoms with Crippen molar-refractivity contribution in [3.05, 3.63) is 36.5 Å². The van der Waals surface area contributed by atoms with Gasteiger partial charge in [-0.15, -0.1) is 0 Å². The highest BCUT2D eigenvalue weighted by Gasteiger charge is 2.11. The summed E-state index contributed by atoms with van der Waals surface area (Å²) in [5.74, 6) is -1.37. The first-order valence-corrected chi connectivity index (χ1v) is 16.6. The average Bonchev–Trinajstić information content (AvgIpc) is 2.95. The maximum atomic E-state index is 12.5. The number of allylic oxidation sites excluding steroid dienone is 5. The summed E-state index contributed by atoms with van der Waals surface area (Å²) in [6, 6.07) is 0. The number of esters is 1. The second kappa shape index (κ2) is 30.6. The van der Waals surface area contributed by atoms with Gasteiger partial charge >= 0.3 is 11.9 Å². The maximum absolute atomic E-state index is 12.5. The largest absolute Gasteiger partial charge is 0.480 e. The molecule has 1 unspecified atom stereocenters. The number of carboxylic acid groups (broad SMARTS) is 1. The zero-order valence-electron chi connectivity index (χ0n) is 26.4. The normalized spacial score (nSPS) is 12.4. The van der Waals surface area contributed by atoms with Crippen LogP contribution < -0.4 is 5.32 Å². The molecule has 0 saturated carbocycles. The topological polar surface area (TPSA) is 92.7 Å². The number of ether oxygens (including phenoxy) is 1. The lowest BCUT2D eigenvalue weighted by atomic mass is 10.1. The van der Waals surface area contributed by atoms with E-state index in [1.807, 2.05) is 6.08 Å². The molecule has 0 aromatic carbocycles. The Hall–Kier alpha value is -2.37. The van der Waals surface area contributed by atoms with Crippen LogP contribution in [-0.2, 0) is 19.1 Å². The minimum atomic E-state index is -1.03. The van der Waals surface area contributed by atoms with Crippen molar-refractivity contribution in [2.24, 2.45) is 0 Å². The Morgan fingerprint density at radius 1 is 0.659 bits per heavy atom. The van der Waals surface area contributed by atoms with Gasteiger partial charge in [0.25, 0.3) is 0 Å². The van der Waals surface area contributed by atoms with E-state index in [0.717, 1.165) is 70.6 Å². The van der Waals surface area contributed by atoms with Gasteiger partial charge in [0.2, 0.25) is 5.91 Å². The molecule has 0 saturated heterocycles. The summed E-state index contributed by atoms with van der Waals surface area (Å²) in [7, 11) is 0. The van der Waals surface area contributed by atoms with E-state index in [4.69, 9.17) is 9.84 Å². The predicted molar refractivity (Wildman–Crippen MR) is 171 cm³/mol. The van der Waals surface area contributed by atoms with Crippen molar-refractivity contribution in [1.29, 1.82) is 0 Å². The summed E-state index contributed by atoms with van der Waals surface area (Å²) in [6.07, 6.45) is 35.7. The Morgan fingerprint density at radius 2 is 1.24 bits per heavy atom. The van der Waals surface area contributed by atoms with Crippen LogP contribution in [0.15, 0.2) is 36.5 Å². The maximum Gasteiger partial charge on any atom is 0.322 e. The van der Waals surface area contributed by atoms with Gasteiger partial charge < -0.3 is 15.2 Å². The molecule has 0 aromatic heterocycles. The minimum absolute atomic E-state index is 0.113. The van der Waals surface area contributed by atoms with Gasteiger partial charge in [-0.3, -0.25) is 14.4 Å². The number of carbonyl (C=O) groups is 3. The summed E-state index contributed by atoms with van der Waals surface area (Å²) < 4.78 is 5.81. The fourth-order valence-electron chi connectivity index (χ4n) is 4.52. The number of amides is 1. The molecule has 0 aliphatic rings. The number of rotatable bonds is 29. The lowest BCUT2D eigenvalue weighted by Crippen LogP contribution is -2.28. The summed E-state index contributed by atoms with van der Waals surface area (Å²) >= 11 is 0. The average molecular weight is 576 g/mol. The van der Waals surface area contributed by atoms with Crippen molar-refractivity contribution >= 4 is 17.8 Å². The molecule has 236 valence electrons. The number of hydrogen-bond donors (Lipinski definition) is 2. The van der Waals surface area contributed by atoms with Crippen molar-refractivity contribution in [3.8, 4) is 0 Å². The molecular weight excluding hydrogens is 514 g/mol. The van der Waals surface area contributed by atoms with E-state index in [-0.39, 0.29) is 24.5 Å². The third-order valence-electron chi connectivity index (χ3n) is 7.00. The molecule has 0 aromatic rings. The van der Waals surface area contributed by atoms with Gasteiger partial charge in [0.15, 0.2) is 0 Å². The zero-order chi connectivity index (χ0) is 30.2. The first-order chi connectivity index (χ1) is 20.0. The number of carboxylic acids is 1. The highest BCUT2D eigenvalue weighted by atomic mass is 16.5. The number of carbonyl (C=O) groups excluding carboxylic acids is 2. The van der Waals surface area contributed by atoms with E-state index in [9.17, 15) is 14.4 Å². The molecule has 41 heavy (non-hydrogen) atoms. The second-order valence-corrected chi connectivity index (χ2v) is 11.1. The van der Waals surface area contributed by atoms with Gasteiger partial charge in [-0.2, -0.15) is 0 Å². The minimum Gasteiger partial charge on any atom is -0.480 e. The number of nitrogens with one attached hydrogen (secondary N) is 1. The molecule has 0 fully saturated rings. The summed E-state index contributed by atoms with van der Waals surface area (Å²) in [5.41, 5.74) is 0. The first-order valence-electron chi connectivity index (χ1n) is 16.6. The van der Waals surface area contributed by atoms with Gasteiger partial charge in [0.05, 0.1) is 0 Å². The van der Waals surface area contributed by atoms with Crippen LogP contribution in [0.25, 0.3) is 0 Å². The summed E-state index contributed by atoms with van der Waals surface area (Å²) in [6.45, 7) is 4.08. The van der Waals surface area contributed by atoms with Crippen molar-refractivity contribution < 1.29 is 24.2 Å². The van der Waals surface area contributed by atoms with Gasteiger partial charge in [0, 0.05) is 12.8 Å². The molecule has 0 aliphatic carbocycles. The highest BCUT2D eigenvalue weighted by Crippen LogP contribution is 2.14. The molecule has 0 aliphatic heterocycles. The van der Waals surface area contributed by atoms with Crippen LogP contribution in [0.2, 0.25) is 0 Å². The van der Waals surface area contributed by atoms with E-state index in [1.54, 1.807) is 0 Å². The Labute approximate surface area is 251 Å². The number of aliphatic carboxylic acids is 1. The van der Waals surface area contributed by atoms with Crippen LogP contribution >= 0.6 is 0 Å². The monoisotopic (exact) mass is 575 g/mol. The third kappa shape index (κ3) is 30.4. The van der Waals surface area contributed by atoms with Crippen LogP contribution in [0.5, 0.6) is 0 Å². The van der Waals surface area contributed by atoms with Gasteiger partial charge in [0.1, 0.15) is 12.6 Å². The highest BCUT2D eigenvalue weighted by molar-refractivity contribution is 5.80. The Kier molecular flexibility index (Phi) is 28.8. The van der Waals surface area contributed by atoms with E-state index in [0.29, 0.717) is 12.8 Å². The van der Waals surface area contributed by atoms with E-state index in [1.165, 1.54) is 57.8 Å². The van der Waals surface area contributed by atoms with Crippen LogP contribution in [-0.4, -0.2) is 35.6 Å². The molecular formula is C35H61NO5. The Balaban J connectivity index is 4.13. The zero-order valence-corrected chi connectivity index (χ0v) is 26.4. The first kappa shape index (κ1) is 38.6. The number of unbranched alkanes of at least 4 members (excludes halogenated alkanes) is 14. The van der Waals surface area contributed by atoms with Gasteiger partial charge in [-0.05, 0) is 70.3 Å². The third-order valence-corrected chi connectivity index (χ3v) is 7.00. The number of hydrogen-bond acceptors (Lipinski definition) is 4. The molecule has 2 N–H and O–H groups in total. The van der Waals surface area contributed by atoms with Crippen LogP contribution in [0.4, 0.5) is 0 Å². The van der Waals surface area contributed by atoms with Crippen molar-refractivity contribution in [2.45, 2.75) is 161 Å². The molecule has 1 amide bonds. The van der Waals surface area contributed by atoms with E-state index >= 15 is 0 Å². The lowest BCUT2D eigenvalue weighted by molar-refractivity contribution is -0.147. The van der Waals surface area contributed by atoms with Gasteiger partial charge in [-0.1, -0.05) is 108 Å². The van der Waals surface area contributed by atoms with Crippen LogP contribution in [0, 0.1) is 0 Å². The standard InChI is InChI=1S/C35H61NO5/c1-3-5-7-9-11-12-13-14-15-16-17-18-20-26-30-35(40)41-32(27-23-19-10-8-6-4-2)28-24-21-22-25-29-33(37)36-31-34(38)39/h8,10,13-14,23,27,32H,3-7,9,11-12,15-22,24-26,28-31H2,1-2H3,(H,36,37)(H,38,39)/b10-8-,14-13-,27-23-. The van der Waals surface area contributed by atoms with E-state index < -0.39 is 5.97 Å². The van der Waals surface area contributed by atoms with E-state index in [2.05, 4.69) is 49.5 Å². The Morgan fingerprint density at radius 3 is 1.90 bits per heavy atom. The molecule has 6 nitrogen and oxygen atoms in total. The molecule has 0 heterocycles. The summed E-state index contributed by atoms with van der Waals surface area (Å²) in [5, 5.41) is 11.0. The quantitative estimate of drug-likeness (QED) is 0.0526. The molecule has 1 atom stereocenters. The lowest BCUT2D eigenvalue weighted by Gasteiger charge is -2.14. The molecule has 0 bridgehead atoms.